The van der Waals surface area contributed by atoms with Crippen LogP contribution in [-0.4, -0.2) is 24.2 Å². The van der Waals surface area contributed by atoms with E-state index < -0.39 is 18.0 Å². The van der Waals surface area contributed by atoms with E-state index in [1.165, 1.54) is 18.4 Å². The van der Waals surface area contributed by atoms with Crippen LogP contribution in [-0.2, 0) is 4.79 Å². The third kappa shape index (κ3) is 3.73. The van der Waals surface area contributed by atoms with Gasteiger partial charge in [-0.1, -0.05) is 18.2 Å². The second-order valence-electron chi connectivity index (χ2n) is 4.09. The van der Waals surface area contributed by atoms with Crippen LogP contribution in [0.5, 0.6) is 5.75 Å². The van der Waals surface area contributed by atoms with Gasteiger partial charge in [-0.2, -0.15) is 0 Å². The Hall–Kier alpha value is -2.54. The van der Waals surface area contributed by atoms with Crippen molar-refractivity contribution in [2.75, 3.05) is 12.4 Å². The van der Waals surface area contributed by atoms with Gasteiger partial charge in [0, 0.05) is 4.88 Å². The predicted octanol–water partition coefficient (Wildman–Crippen LogP) is 2.70. The van der Waals surface area contributed by atoms with Crippen LogP contribution >= 0.6 is 11.3 Å². The zero-order valence-corrected chi connectivity index (χ0v) is 12.0. The van der Waals surface area contributed by atoms with Crippen LogP contribution in [0.2, 0.25) is 0 Å². The number of rotatable bonds is 5. The Bertz CT molecular complexity index is 628. The molecule has 7 heteroatoms. The van der Waals surface area contributed by atoms with E-state index in [0.29, 0.717) is 16.3 Å². The smallest absolute Gasteiger partial charge is 0.331 e. The molecule has 110 valence electrons. The van der Waals surface area contributed by atoms with Gasteiger partial charge in [-0.05, 0) is 23.6 Å². The minimum absolute atomic E-state index is 0.466. The molecule has 3 N–H and O–H groups in total. The molecule has 0 aliphatic heterocycles. The van der Waals surface area contributed by atoms with Gasteiger partial charge in [-0.3, -0.25) is 0 Å². The van der Waals surface area contributed by atoms with Gasteiger partial charge < -0.3 is 20.5 Å². The molecule has 0 aliphatic carbocycles. The molecule has 2 aromatic rings. The number of hydrogen-bond donors (Lipinski definition) is 3. The minimum Gasteiger partial charge on any atom is -0.495 e. The highest BCUT2D eigenvalue weighted by atomic mass is 32.1. The second-order valence-corrected chi connectivity index (χ2v) is 5.06. The highest BCUT2D eigenvalue weighted by Crippen LogP contribution is 2.24. The van der Waals surface area contributed by atoms with Crippen LogP contribution in [0.15, 0.2) is 41.8 Å². The number of aliphatic carboxylic acids is 1. The molecule has 0 fully saturated rings. The van der Waals surface area contributed by atoms with Gasteiger partial charge in [-0.25, -0.2) is 9.59 Å². The Morgan fingerprint density at radius 3 is 2.62 bits per heavy atom. The maximum absolute atomic E-state index is 12.0. The molecule has 1 aromatic carbocycles. The van der Waals surface area contributed by atoms with E-state index in [4.69, 9.17) is 4.74 Å². The van der Waals surface area contributed by atoms with E-state index in [-0.39, 0.29) is 0 Å². The van der Waals surface area contributed by atoms with E-state index >= 15 is 0 Å². The van der Waals surface area contributed by atoms with Crippen molar-refractivity contribution in [3.05, 3.63) is 46.7 Å². The number of carboxylic acids is 1. The Morgan fingerprint density at radius 1 is 1.24 bits per heavy atom. The first-order valence-corrected chi connectivity index (χ1v) is 6.96. The first-order chi connectivity index (χ1) is 10.1. The van der Waals surface area contributed by atoms with E-state index in [1.807, 2.05) is 0 Å². The molecule has 0 aliphatic rings. The van der Waals surface area contributed by atoms with Crippen molar-refractivity contribution >= 4 is 29.0 Å². The fraction of sp³-hybridized carbons (Fsp3) is 0.143. The summed E-state index contributed by atoms with van der Waals surface area (Å²) in [5.41, 5.74) is 0.466. The molecule has 1 atom stereocenters. The zero-order valence-electron chi connectivity index (χ0n) is 11.2. The number of amides is 2. The van der Waals surface area contributed by atoms with Gasteiger partial charge in [0.25, 0.3) is 0 Å². The second kappa shape index (κ2) is 6.76. The SMILES string of the molecule is COc1ccccc1NC(=O)NC(C(=O)O)c1cccs1. The van der Waals surface area contributed by atoms with E-state index in [2.05, 4.69) is 10.6 Å². The Kier molecular flexibility index (Phi) is 4.78. The summed E-state index contributed by atoms with van der Waals surface area (Å²) < 4.78 is 5.11. The van der Waals surface area contributed by atoms with Gasteiger partial charge in [0.05, 0.1) is 12.8 Å². The van der Waals surface area contributed by atoms with Crippen molar-refractivity contribution in [3.8, 4) is 5.75 Å². The van der Waals surface area contributed by atoms with Crippen molar-refractivity contribution in [3.63, 3.8) is 0 Å². The molecule has 1 heterocycles. The molecule has 1 unspecified atom stereocenters. The van der Waals surface area contributed by atoms with Crippen LogP contribution in [0.1, 0.15) is 10.9 Å². The Labute approximate surface area is 125 Å². The molecule has 6 nitrogen and oxygen atoms in total. The molecular formula is C14H14N2O4S. The highest BCUT2D eigenvalue weighted by molar-refractivity contribution is 7.10. The summed E-state index contributed by atoms with van der Waals surface area (Å²) in [5, 5.41) is 16.0. The number of nitrogens with one attached hydrogen (secondary N) is 2. The summed E-state index contributed by atoms with van der Waals surface area (Å²) in [6.07, 6.45) is 0. The fourth-order valence-corrected chi connectivity index (χ4v) is 2.51. The van der Waals surface area contributed by atoms with E-state index in [9.17, 15) is 14.7 Å². The highest BCUT2D eigenvalue weighted by Gasteiger charge is 2.23. The molecule has 1 aromatic heterocycles. The number of carbonyl (C=O) groups is 2. The lowest BCUT2D eigenvalue weighted by Gasteiger charge is -2.15. The summed E-state index contributed by atoms with van der Waals surface area (Å²) >= 11 is 1.27. The van der Waals surface area contributed by atoms with Gasteiger partial charge in [-0.15, -0.1) is 11.3 Å². The lowest BCUT2D eigenvalue weighted by molar-refractivity contribution is -0.139. The zero-order chi connectivity index (χ0) is 15.2. The van der Waals surface area contributed by atoms with Gasteiger partial charge in [0.1, 0.15) is 5.75 Å². The number of benzene rings is 1. The molecule has 0 spiro atoms. The molecule has 21 heavy (non-hydrogen) atoms. The number of carboxylic acid groups (broad SMARTS) is 1. The molecule has 0 saturated carbocycles. The summed E-state index contributed by atoms with van der Waals surface area (Å²) in [5.74, 6) is -0.622. The average molecular weight is 306 g/mol. The first-order valence-electron chi connectivity index (χ1n) is 6.08. The van der Waals surface area contributed by atoms with Crippen LogP contribution in [0.4, 0.5) is 10.5 Å². The number of thiophene rings is 1. The molecule has 0 radical (unpaired) electrons. The van der Waals surface area contributed by atoms with Crippen LogP contribution in [0.25, 0.3) is 0 Å². The van der Waals surface area contributed by atoms with Crippen molar-refractivity contribution in [1.29, 1.82) is 0 Å². The number of carbonyl (C=O) groups excluding carboxylic acids is 1. The van der Waals surface area contributed by atoms with E-state index in [0.717, 1.165) is 0 Å². The average Bonchev–Trinajstić information content (AvgIpc) is 2.99. The number of methoxy groups -OCH3 is 1. The summed E-state index contributed by atoms with van der Waals surface area (Å²) in [6.45, 7) is 0. The lowest BCUT2D eigenvalue weighted by atomic mass is 10.2. The quantitative estimate of drug-likeness (QED) is 0.792. The normalized spacial score (nSPS) is 11.5. The summed E-state index contributed by atoms with van der Waals surface area (Å²) in [6, 6.07) is 8.57. The standard InChI is InChI=1S/C14H14N2O4S/c1-20-10-6-3-2-5-9(10)15-14(19)16-12(13(17)18)11-7-4-8-21-11/h2-8,12H,1H3,(H,17,18)(H2,15,16,19). The number of para-hydroxylation sites is 2. The Balaban J connectivity index is 2.08. The van der Waals surface area contributed by atoms with Gasteiger partial charge >= 0.3 is 12.0 Å². The first kappa shape index (κ1) is 14.9. The molecule has 0 bridgehead atoms. The third-order valence-electron chi connectivity index (χ3n) is 2.71. The summed E-state index contributed by atoms with van der Waals surface area (Å²) in [7, 11) is 1.49. The Morgan fingerprint density at radius 2 is 2.00 bits per heavy atom. The summed E-state index contributed by atoms with van der Waals surface area (Å²) in [4.78, 5) is 23.8. The van der Waals surface area contributed by atoms with Gasteiger partial charge in [0.2, 0.25) is 0 Å². The largest absolute Gasteiger partial charge is 0.495 e. The fourth-order valence-electron chi connectivity index (χ4n) is 1.75. The monoisotopic (exact) mass is 306 g/mol. The van der Waals surface area contributed by atoms with E-state index in [1.54, 1.807) is 41.8 Å². The number of hydrogen-bond acceptors (Lipinski definition) is 4. The van der Waals surface area contributed by atoms with Crippen molar-refractivity contribution < 1.29 is 19.4 Å². The minimum atomic E-state index is -1.12. The lowest BCUT2D eigenvalue weighted by Crippen LogP contribution is -2.36. The van der Waals surface area contributed by atoms with Crippen molar-refractivity contribution in [1.82, 2.24) is 5.32 Å². The van der Waals surface area contributed by atoms with Crippen LogP contribution in [0, 0.1) is 0 Å². The molecule has 2 amide bonds. The number of anilines is 1. The third-order valence-corrected chi connectivity index (χ3v) is 3.64. The van der Waals surface area contributed by atoms with Crippen LogP contribution in [0.3, 0.4) is 0 Å². The predicted molar refractivity (Wildman–Crippen MR) is 79.8 cm³/mol. The van der Waals surface area contributed by atoms with Crippen molar-refractivity contribution in [2.45, 2.75) is 6.04 Å². The van der Waals surface area contributed by atoms with Gasteiger partial charge in [0.15, 0.2) is 6.04 Å². The number of urea groups is 1. The molecule has 0 saturated heterocycles. The molecular weight excluding hydrogens is 292 g/mol. The van der Waals surface area contributed by atoms with Crippen molar-refractivity contribution in [2.24, 2.45) is 0 Å². The maximum atomic E-state index is 12.0. The maximum Gasteiger partial charge on any atom is 0.331 e. The number of ether oxygens (including phenoxy) is 1. The topological polar surface area (TPSA) is 87.7 Å². The molecule has 2 rings (SSSR count). The van der Waals surface area contributed by atoms with Crippen LogP contribution < -0.4 is 15.4 Å².